The van der Waals surface area contributed by atoms with Gasteiger partial charge in [-0.2, -0.15) is 0 Å². The number of carbonyl (C=O) groups is 1. The van der Waals surface area contributed by atoms with Gasteiger partial charge in [0.2, 0.25) is 0 Å². The zero-order valence-electron chi connectivity index (χ0n) is 10.3. The van der Waals surface area contributed by atoms with E-state index in [4.69, 9.17) is 4.74 Å². The molecule has 0 saturated heterocycles. The summed E-state index contributed by atoms with van der Waals surface area (Å²) in [5.74, 6) is 1.29. The molecule has 0 fully saturated rings. The molecule has 5 nitrogen and oxygen atoms in total. The number of benzene rings is 1. The Kier molecular flexibility index (Phi) is 2.72. The lowest BCUT2D eigenvalue weighted by molar-refractivity contribution is 0.112. The van der Waals surface area contributed by atoms with Gasteiger partial charge in [0.25, 0.3) is 0 Å². The third kappa shape index (κ3) is 1.95. The number of para-hydroxylation sites is 1. The summed E-state index contributed by atoms with van der Waals surface area (Å²) in [4.78, 5) is 15.2. The molecule has 0 N–H and O–H groups in total. The molecular weight excluding hydrogens is 242 g/mol. The number of rotatable bonds is 3. The van der Waals surface area contributed by atoms with Crippen LogP contribution in [0, 0.1) is 0 Å². The number of ether oxygens (including phenoxy) is 1. The first kappa shape index (κ1) is 11.4. The highest BCUT2D eigenvalue weighted by atomic mass is 16.5. The number of nitrogens with zero attached hydrogens (tertiary/aromatic N) is 3. The number of hydrogen-bond acceptors (Lipinski definition) is 4. The topological polar surface area (TPSA) is 56.5 Å². The van der Waals surface area contributed by atoms with E-state index in [9.17, 15) is 4.79 Å². The summed E-state index contributed by atoms with van der Waals surface area (Å²) in [6.07, 6.45) is 2.50. The number of carbonyl (C=O) groups excluding carboxylic acids is 1. The quantitative estimate of drug-likeness (QED) is 0.671. The lowest BCUT2D eigenvalue weighted by atomic mass is 10.2. The highest BCUT2D eigenvalue weighted by Gasteiger charge is 2.11. The van der Waals surface area contributed by atoms with Crippen LogP contribution in [-0.4, -0.2) is 28.0 Å². The summed E-state index contributed by atoms with van der Waals surface area (Å²) in [6, 6.07) is 10.9. The standard InChI is InChI=1S/C14H11N3O2/c1-19-12-5-3-2-4-11(12)14-15-13-8-10(9-18)6-7-17(13)16-14/h2-9H,1H3. The van der Waals surface area contributed by atoms with Crippen LogP contribution < -0.4 is 4.74 Å². The fourth-order valence-corrected chi connectivity index (χ4v) is 1.91. The Labute approximate surface area is 109 Å². The Morgan fingerprint density at radius 2 is 2.11 bits per heavy atom. The number of hydrogen-bond donors (Lipinski definition) is 0. The molecule has 94 valence electrons. The summed E-state index contributed by atoms with van der Waals surface area (Å²) in [5.41, 5.74) is 2.03. The van der Waals surface area contributed by atoms with Gasteiger partial charge in [-0.3, -0.25) is 4.79 Å². The van der Waals surface area contributed by atoms with Crippen LogP contribution in [0.5, 0.6) is 5.75 Å². The molecular formula is C14H11N3O2. The van der Waals surface area contributed by atoms with E-state index in [1.165, 1.54) is 0 Å². The molecule has 3 aromatic rings. The predicted octanol–water partition coefficient (Wildman–Crippen LogP) is 2.22. The zero-order valence-corrected chi connectivity index (χ0v) is 10.3. The van der Waals surface area contributed by atoms with E-state index in [1.807, 2.05) is 24.3 Å². The average Bonchev–Trinajstić information content (AvgIpc) is 2.89. The van der Waals surface area contributed by atoms with Crippen molar-refractivity contribution >= 4 is 11.9 Å². The van der Waals surface area contributed by atoms with Crippen LogP contribution in [0.25, 0.3) is 17.0 Å². The van der Waals surface area contributed by atoms with Crippen molar-refractivity contribution in [3.8, 4) is 17.1 Å². The maximum absolute atomic E-state index is 10.7. The lowest BCUT2D eigenvalue weighted by Crippen LogP contribution is -1.90. The van der Waals surface area contributed by atoms with Crippen LogP contribution >= 0.6 is 0 Å². The van der Waals surface area contributed by atoms with Crippen LogP contribution in [0.3, 0.4) is 0 Å². The first-order valence-corrected chi connectivity index (χ1v) is 5.77. The second kappa shape index (κ2) is 4.53. The molecule has 0 amide bonds. The SMILES string of the molecule is COc1ccccc1-c1nc2cc(C=O)ccn2n1. The summed E-state index contributed by atoms with van der Waals surface area (Å²) < 4.78 is 6.93. The fraction of sp³-hybridized carbons (Fsp3) is 0.0714. The smallest absolute Gasteiger partial charge is 0.185 e. The Hall–Kier alpha value is -2.69. The normalized spacial score (nSPS) is 10.6. The van der Waals surface area contributed by atoms with Gasteiger partial charge in [0.1, 0.15) is 12.0 Å². The van der Waals surface area contributed by atoms with Gasteiger partial charge in [-0.1, -0.05) is 12.1 Å². The van der Waals surface area contributed by atoms with Gasteiger partial charge < -0.3 is 4.74 Å². The summed E-state index contributed by atoms with van der Waals surface area (Å²) in [5, 5.41) is 4.38. The first-order chi connectivity index (χ1) is 9.31. The Morgan fingerprint density at radius 3 is 2.89 bits per heavy atom. The average molecular weight is 253 g/mol. The van der Waals surface area contributed by atoms with E-state index in [1.54, 1.807) is 30.0 Å². The van der Waals surface area contributed by atoms with Crippen molar-refractivity contribution in [1.29, 1.82) is 0 Å². The van der Waals surface area contributed by atoms with E-state index in [2.05, 4.69) is 10.1 Å². The van der Waals surface area contributed by atoms with Gasteiger partial charge in [0.05, 0.1) is 12.7 Å². The third-order valence-electron chi connectivity index (χ3n) is 2.85. The van der Waals surface area contributed by atoms with E-state index in [-0.39, 0.29) is 0 Å². The maximum atomic E-state index is 10.7. The van der Waals surface area contributed by atoms with Crippen LogP contribution in [-0.2, 0) is 0 Å². The summed E-state index contributed by atoms with van der Waals surface area (Å²) >= 11 is 0. The van der Waals surface area contributed by atoms with Crippen molar-refractivity contribution in [2.24, 2.45) is 0 Å². The van der Waals surface area contributed by atoms with Crippen LogP contribution in [0.15, 0.2) is 42.6 Å². The molecule has 0 spiro atoms. The van der Waals surface area contributed by atoms with Crippen molar-refractivity contribution in [3.63, 3.8) is 0 Å². The van der Waals surface area contributed by atoms with Gasteiger partial charge in [0.15, 0.2) is 11.5 Å². The number of methoxy groups -OCH3 is 1. The lowest BCUT2D eigenvalue weighted by Gasteiger charge is -2.03. The van der Waals surface area contributed by atoms with Crippen molar-refractivity contribution in [3.05, 3.63) is 48.2 Å². The van der Waals surface area contributed by atoms with Crippen LogP contribution in [0.1, 0.15) is 10.4 Å². The molecule has 0 bridgehead atoms. The summed E-state index contributed by atoms with van der Waals surface area (Å²) in [7, 11) is 1.61. The molecule has 0 unspecified atom stereocenters. The Morgan fingerprint density at radius 1 is 1.26 bits per heavy atom. The molecule has 2 heterocycles. The second-order valence-corrected chi connectivity index (χ2v) is 4.02. The molecule has 3 rings (SSSR count). The minimum atomic E-state index is 0.570. The fourth-order valence-electron chi connectivity index (χ4n) is 1.91. The van der Waals surface area contributed by atoms with Crippen molar-refractivity contribution in [2.75, 3.05) is 7.11 Å². The number of aldehydes is 1. The van der Waals surface area contributed by atoms with E-state index in [0.717, 1.165) is 11.8 Å². The van der Waals surface area contributed by atoms with Gasteiger partial charge in [0, 0.05) is 11.8 Å². The zero-order chi connectivity index (χ0) is 13.2. The Bertz CT molecular complexity index is 749. The van der Waals surface area contributed by atoms with Gasteiger partial charge >= 0.3 is 0 Å². The maximum Gasteiger partial charge on any atom is 0.185 e. The molecule has 19 heavy (non-hydrogen) atoms. The number of aromatic nitrogens is 3. The molecule has 0 saturated carbocycles. The molecule has 0 aliphatic heterocycles. The Balaban J connectivity index is 2.17. The van der Waals surface area contributed by atoms with Crippen molar-refractivity contribution in [2.45, 2.75) is 0 Å². The second-order valence-electron chi connectivity index (χ2n) is 4.02. The van der Waals surface area contributed by atoms with Gasteiger partial charge in [-0.05, 0) is 24.3 Å². The number of pyridine rings is 1. The highest BCUT2D eigenvalue weighted by Crippen LogP contribution is 2.27. The van der Waals surface area contributed by atoms with E-state index in [0.29, 0.717) is 22.8 Å². The van der Waals surface area contributed by atoms with Crippen LogP contribution in [0.2, 0.25) is 0 Å². The molecule has 0 atom stereocenters. The molecule has 5 heteroatoms. The molecule has 0 aliphatic carbocycles. The third-order valence-corrected chi connectivity index (χ3v) is 2.85. The van der Waals surface area contributed by atoms with Crippen molar-refractivity contribution in [1.82, 2.24) is 14.6 Å². The molecule has 0 aliphatic rings. The van der Waals surface area contributed by atoms with E-state index >= 15 is 0 Å². The highest BCUT2D eigenvalue weighted by molar-refractivity contribution is 5.77. The van der Waals surface area contributed by atoms with Crippen LogP contribution in [0.4, 0.5) is 0 Å². The largest absolute Gasteiger partial charge is 0.496 e. The molecule has 2 aromatic heterocycles. The van der Waals surface area contributed by atoms with Gasteiger partial charge in [-0.15, -0.1) is 5.10 Å². The predicted molar refractivity (Wildman–Crippen MR) is 70.4 cm³/mol. The van der Waals surface area contributed by atoms with E-state index < -0.39 is 0 Å². The first-order valence-electron chi connectivity index (χ1n) is 5.77. The minimum Gasteiger partial charge on any atom is -0.496 e. The minimum absolute atomic E-state index is 0.570. The summed E-state index contributed by atoms with van der Waals surface area (Å²) in [6.45, 7) is 0. The monoisotopic (exact) mass is 253 g/mol. The molecule has 0 radical (unpaired) electrons. The molecule has 1 aromatic carbocycles. The van der Waals surface area contributed by atoms with Gasteiger partial charge in [-0.25, -0.2) is 9.50 Å². The van der Waals surface area contributed by atoms with Crippen molar-refractivity contribution < 1.29 is 9.53 Å². The number of fused-ring (bicyclic) bond motifs is 1.